The third-order valence-corrected chi connectivity index (χ3v) is 10.6. The maximum Gasteiger partial charge on any atom is 0.306 e. The fraction of sp³-hybridized carbons (Fsp3) is 0.679. The van der Waals surface area contributed by atoms with E-state index in [9.17, 15) is 14.7 Å². The van der Waals surface area contributed by atoms with Crippen LogP contribution in [0.4, 0.5) is 0 Å². The van der Waals surface area contributed by atoms with E-state index < -0.39 is 6.10 Å². The summed E-state index contributed by atoms with van der Waals surface area (Å²) >= 11 is 0. The molecule has 0 rings (SSSR count). The van der Waals surface area contributed by atoms with Crippen LogP contribution in [0.5, 0.6) is 0 Å². The summed E-state index contributed by atoms with van der Waals surface area (Å²) in [6, 6.07) is 0. The molecule has 1 N–H and O–H groups in total. The zero-order valence-corrected chi connectivity index (χ0v) is 39.6. The van der Waals surface area contributed by atoms with Gasteiger partial charge in [0.25, 0.3) is 0 Å². The van der Waals surface area contributed by atoms with Gasteiger partial charge in [0.2, 0.25) is 0 Å². The number of esters is 2. The van der Waals surface area contributed by atoms with Crippen molar-refractivity contribution >= 4 is 11.9 Å². The Morgan fingerprint density at radius 3 is 1.07 bits per heavy atom. The fourth-order valence-corrected chi connectivity index (χ4v) is 6.81. The van der Waals surface area contributed by atoms with Crippen LogP contribution in [0.25, 0.3) is 0 Å². The van der Waals surface area contributed by atoms with Crippen molar-refractivity contribution in [3.63, 3.8) is 0 Å². The number of aliphatic hydroxyl groups excluding tert-OH is 1. The quantitative estimate of drug-likeness (QED) is 0.0375. The smallest absolute Gasteiger partial charge is 0.306 e. The van der Waals surface area contributed by atoms with Crippen molar-refractivity contribution in [2.45, 2.75) is 232 Å². The molecule has 0 aliphatic heterocycles. The number of carbonyl (C=O) groups excluding carboxylic acids is 2. The average molecular weight is 847 g/mol. The highest BCUT2D eigenvalue weighted by Gasteiger charge is 2.16. The van der Waals surface area contributed by atoms with Gasteiger partial charge in [-0.1, -0.05) is 220 Å². The summed E-state index contributed by atoms with van der Waals surface area (Å²) in [7, 11) is 0. The van der Waals surface area contributed by atoms with Crippen LogP contribution in [-0.4, -0.2) is 36.4 Å². The molecule has 0 bridgehead atoms. The molecule has 1 atom stereocenters. The second kappa shape index (κ2) is 51.2. The molecular formula is C56H94O5. The van der Waals surface area contributed by atoms with Crippen LogP contribution in [0, 0.1) is 0 Å². The molecule has 0 heterocycles. The van der Waals surface area contributed by atoms with E-state index in [0.717, 1.165) is 89.9 Å². The third kappa shape index (κ3) is 49.4. The molecule has 5 heteroatoms. The second-order valence-corrected chi connectivity index (χ2v) is 16.5. The number of allylic oxidation sites excluding steroid dienone is 16. The standard InChI is InChI=1S/C56H94O5/c1-3-5-7-9-11-13-15-17-19-20-21-22-23-24-25-26-27-28-29-30-31-32-33-34-35-36-37-39-41-43-45-47-49-51-56(59)61-54(52-57)53-60-55(58)50-48-46-44-42-40-38-18-16-14-12-10-8-6-4-2/h5,7,10-13,16-19,21-22,24-25,27-28,54,57H,3-4,6,8-9,14-15,20,23,26,29-53H2,1-2H3/b7-5-,12-10-,13-11-,18-16-,19-17-,22-21-,25-24-,28-27-. The van der Waals surface area contributed by atoms with Crippen LogP contribution >= 0.6 is 0 Å². The Bertz CT molecular complexity index is 1190. The summed E-state index contributed by atoms with van der Waals surface area (Å²) < 4.78 is 10.6. The first-order valence-electron chi connectivity index (χ1n) is 25.3. The number of ether oxygens (including phenoxy) is 2. The van der Waals surface area contributed by atoms with Gasteiger partial charge in [-0.2, -0.15) is 0 Å². The van der Waals surface area contributed by atoms with E-state index in [1.165, 1.54) is 109 Å². The highest BCUT2D eigenvalue weighted by Crippen LogP contribution is 2.15. The minimum atomic E-state index is -0.782. The van der Waals surface area contributed by atoms with Gasteiger partial charge in [-0.25, -0.2) is 0 Å². The van der Waals surface area contributed by atoms with Crippen LogP contribution in [0.15, 0.2) is 97.2 Å². The minimum Gasteiger partial charge on any atom is -0.462 e. The van der Waals surface area contributed by atoms with E-state index in [4.69, 9.17) is 9.47 Å². The van der Waals surface area contributed by atoms with E-state index >= 15 is 0 Å². The van der Waals surface area contributed by atoms with E-state index in [0.29, 0.717) is 12.8 Å². The number of hydrogen-bond acceptors (Lipinski definition) is 5. The molecule has 61 heavy (non-hydrogen) atoms. The van der Waals surface area contributed by atoms with Crippen LogP contribution in [0.1, 0.15) is 226 Å². The Labute approximate surface area is 377 Å². The molecule has 1 unspecified atom stereocenters. The van der Waals surface area contributed by atoms with Gasteiger partial charge in [0, 0.05) is 12.8 Å². The van der Waals surface area contributed by atoms with E-state index in [1.54, 1.807) is 0 Å². The maximum atomic E-state index is 12.3. The summed E-state index contributed by atoms with van der Waals surface area (Å²) in [6.45, 7) is 3.97. The van der Waals surface area contributed by atoms with Crippen molar-refractivity contribution in [3.05, 3.63) is 97.2 Å². The zero-order valence-electron chi connectivity index (χ0n) is 39.6. The van der Waals surface area contributed by atoms with E-state index in [1.807, 2.05) is 0 Å². The maximum absolute atomic E-state index is 12.3. The van der Waals surface area contributed by atoms with Crippen molar-refractivity contribution < 1.29 is 24.2 Å². The third-order valence-electron chi connectivity index (χ3n) is 10.6. The Morgan fingerprint density at radius 2 is 0.705 bits per heavy atom. The molecule has 0 fully saturated rings. The molecule has 0 aliphatic carbocycles. The molecule has 0 spiro atoms. The Kier molecular flexibility index (Phi) is 48.5. The first-order valence-corrected chi connectivity index (χ1v) is 25.3. The molecule has 0 saturated carbocycles. The van der Waals surface area contributed by atoms with Gasteiger partial charge in [-0.05, 0) is 89.9 Å². The van der Waals surface area contributed by atoms with Gasteiger partial charge >= 0.3 is 11.9 Å². The highest BCUT2D eigenvalue weighted by molar-refractivity contribution is 5.70. The van der Waals surface area contributed by atoms with Crippen LogP contribution < -0.4 is 0 Å². The van der Waals surface area contributed by atoms with Gasteiger partial charge in [-0.3, -0.25) is 9.59 Å². The summed E-state index contributed by atoms with van der Waals surface area (Å²) in [5.41, 5.74) is 0. The highest BCUT2D eigenvalue weighted by atomic mass is 16.6. The molecule has 0 aromatic rings. The Balaban J connectivity index is 3.52. The van der Waals surface area contributed by atoms with E-state index in [2.05, 4.69) is 111 Å². The van der Waals surface area contributed by atoms with Gasteiger partial charge in [0.1, 0.15) is 6.61 Å². The topological polar surface area (TPSA) is 72.8 Å². The van der Waals surface area contributed by atoms with Gasteiger partial charge < -0.3 is 14.6 Å². The summed E-state index contributed by atoms with van der Waals surface area (Å²) in [6.07, 6.45) is 72.2. The fourth-order valence-electron chi connectivity index (χ4n) is 6.81. The average Bonchev–Trinajstić information content (AvgIpc) is 3.26. The van der Waals surface area contributed by atoms with Gasteiger partial charge in [-0.15, -0.1) is 0 Å². The first kappa shape index (κ1) is 57.8. The molecule has 0 aliphatic rings. The molecule has 348 valence electrons. The molecule has 0 saturated heterocycles. The lowest BCUT2D eigenvalue weighted by atomic mass is 10.0. The second-order valence-electron chi connectivity index (χ2n) is 16.5. The number of unbranched alkanes of at least 4 members (excludes halogenated alkanes) is 21. The summed E-state index contributed by atoms with van der Waals surface area (Å²) in [4.78, 5) is 24.4. The van der Waals surface area contributed by atoms with Crippen molar-refractivity contribution in [3.8, 4) is 0 Å². The number of carbonyl (C=O) groups is 2. The Hall–Kier alpha value is -3.18. The molecule has 0 aromatic carbocycles. The predicted octanol–water partition coefficient (Wildman–Crippen LogP) is 16.8. The molecule has 0 amide bonds. The predicted molar refractivity (Wildman–Crippen MR) is 265 cm³/mol. The zero-order chi connectivity index (χ0) is 44.2. The first-order chi connectivity index (χ1) is 30.1. The molecule has 0 aromatic heterocycles. The van der Waals surface area contributed by atoms with Crippen LogP contribution in [-0.2, 0) is 19.1 Å². The van der Waals surface area contributed by atoms with Crippen molar-refractivity contribution in [2.24, 2.45) is 0 Å². The number of hydrogen-bond donors (Lipinski definition) is 1. The Morgan fingerprint density at radius 1 is 0.393 bits per heavy atom. The van der Waals surface area contributed by atoms with Crippen molar-refractivity contribution in [1.29, 1.82) is 0 Å². The molecular weight excluding hydrogens is 753 g/mol. The normalized spacial score (nSPS) is 13.0. The SMILES string of the molecule is CC/C=C\C/C=C\C/C=C\C/C=C\C/C=C\C/C=C\CCCCCCCCCCCCCCCCC(=O)OC(CO)COC(=O)CCCCCCC/C=C\C/C=C\CCCC. The lowest BCUT2D eigenvalue weighted by Crippen LogP contribution is -2.28. The van der Waals surface area contributed by atoms with Crippen LogP contribution in [0.3, 0.4) is 0 Å². The van der Waals surface area contributed by atoms with Crippen molar-refractivity contribution in [1.82, 2.24) is 0 Å². The monoisotopic (exact) mass is 847 g/mol. The molecule has 5 nitrogen and oxygen atoms in total. The lowest BCUT2D eigenvalue weighted by molar-refractivity contribution is -0.161. The van der Waals surface area contributed by atoms with Crippen LogP contribution in [0.2, 0.25) is 0 Å². The summed E-state index contributed by atoms with van der Waals surface area (Å²) in [5.74, 6) is -0.609. The van der Waals surface area contributed by atoms with Gasteiger partial charge in [0.05, 0.1) is 6.61 Å². The number of aliphatic hydroxyl groups is 1. The summed E-state index contributed by atoms with van der Waals surface area (Å²) in [5, 5.41) is 9.61. The number of rotatable bonds is 45. The minimum absolute atomic E-state index is 0.0765. The lowest BCUT2D eigenvalue weighted by Gasteiger charge is -2.15. The van der Waals surface area contributed by atoms with Crippen molar-refractivity contribution in [2.75, 3.05) is 13.2 Å². The molecule has 0 radical (unpaired) electrons. The largest absolute Gasteiger partial charge is 0.462 e. The van der Waals surface area contributed by atoms with Gasteiger partial charge in [0.15, 0.2) is 6.10 Å². The van der Waals surface area contributed by atoms with E-state index in [-0.39, 0.29) is 25.2 Å².